The van der Waals surface area contributed by atoms with E-state index in [4.69, 9.17) is 4.74 Å². The predicted octanol–water partition coefficient (Wildman–Crippen LogP) is 3.67. The molecule has 0 fully saturated rings. The van der Waals surface area contributed by atoms with Gasteiger partial charge in [0.1, 0.15) is 5.75 Å². The second kappa shape index (κ2) is 7.62. The van der Waals surface area contributed by atoms with E-state index in [1.807, 2.05) is 0 Å². The van der Waals surface area contributed by atoms with Crippen molar-refractivity contribution in [3.8, 4) is 11.5 Å². The summed E-state index contributed by atoms with van der Waals surface area (Å²) >= 11 is 3.21. The molecule has 0 spiro atoms. The highest BCUT2D eigenvalue weighted by atomic mass is 79.9. The Morgan fingerprint density at radius 1 is 1.33 bits per heavy atom. The van der Waals surface area contributed by atoms with Crippen LogP contribution in [0.5, 0.6) is 11.5 Å². The summed E-state index contributed by atoms with van der Waals surface area (Å²) in [6.07, 6.45) is 2.83. The Morgan fingerprint density at radius 2 is 2.11 bits per heavy atom. The van der Waals surface area contributed by atoms with E-state index in [2.05, 4.69) is 31.1 Å². The van der Waals surface area contributed by atoms with Crippen LogP contribution in [0.25, 0.3) is 0 Å². The lowest BCUT2D eigenvalue weighted by atomic mass is 10.1. The Hall–Kier alpha value is -3.14. The third-order valence-corrected chi connectivity index (χ3v) is 4.10. The van der Waals surface area contributed by atoms with Crippen LogP contribution in [0.3, 0.4) is 0 Å². The Bertz CT molecular complexity index is 1090. The predicted molar refractivity (Wildman–Crippen MR) is 97.5 cm³/mol. The van der Waals surface area contributed by atoms with E-state index in [0.717, 1.165) is 6.07 Å². The highest BCUT2D eigenvalue weighted by Gasteiger charge is 2.24. The van der Waals surface area contributed by atoms with Gasteiger partial charge in [0.2, 0.25) is 5.75 Å². The van der Waals surface area contributed by atoms with E-state index in [-0.39, 0.29) is 23.3 Å². The van der Waals surface area contributed by atoms with Gasteiger partial charge in [-0.3, -0.25) is 19.9 Å². The zero-order valence-corrected chi connectivity index (χ0v) is 15.5. The number of aromatic amines is 1. The molecule has 0 aliphatic rings. The average molecular weight is 435 g/mol. The number of H-pyrrole nitrogens is 1. The van der Waals surface area contributed by atoms with Crippen molar-refractivity contribution >= 4 is 21.6 Å². The SMILES string of the molecule is Cc1cc(Cc2ccc([N+](=O)[O-])c(Oc3cncc(Br)c3)c2F)n[nH]c1=O. The number of benzene rings is 1. The molecule has 0 saturated carbocycles. The Balaban J connectivity index is 2.02. The molecule has 3 rings (SSSR count). The van der Waals surface area contributed by atoms with Crippen LogP contribution in [0.2, 0.25) is 0 Å². The molecule has 0 atom stereocenters. The monoisotopic (exact) mass is 434 g/mol. The topological polar surface area (TPSA) is 111 Å². The van der Waals surface area contributed by atoms with Crippen LogP contribution in [-0.4, -0.2) is 20.1 Å². The number of rotatable bonds is 5. The smallest absolute Gasteiger partial charge is 0.314 e. The number of ether oxygens (including phenoxy) is 1. The zero-order valence-electron chi connectivity index (χ0n) is 13.9. The Kier molecular flexibility index (Phi) is 5.26. The van der Waals surface area contributed by atoms with Gasteiger partial charge in [0.05, 0.1) is 16.8 Å². The maximum atomic E-state index is 15.0. The lowest BCUT2D eigenvalue weighted by molar-refractivity contribution is -0.385. The van der Waals surface area contributed by atoms with Gasteiger partial charge in [-0.15, -0.1) is 0 Å². The molecule has 1 aromatic carbocycles. The largest absolute Gasteiger partial charge is 0.445 e. The van der Waals surface area contributed by atoms with Gasteiger partial charge < -0.3 is 4.74 Å². The maximum Gasteiger partial charge on any atom is 0.314 e. The number of nitro groups is 1. The first kappa shape index (κ1) is 18.6. The zero-order chi connectivity index (χ0) is 19.6. The maximum absolute atomic E-state index is 15.0. The van der Waals surface area contributed by atoms with Crippen LogP contribution in [0.4, 0.5) is 10.1 Å². The average Bonchev–Trinajstić information content (AvgIpc) is 2.61. The fraction of sp³-hybridized carbons (Fsp3) is 0.118. The van der Waals surface area contributed by atoms with E-state index in [0.29, 0.717) is 15.7 Å². The molecule has 0 radical (unpaired) electrons. The standard InChI is InChI=1S/C17H12BrFN4O4/c1-9-4-12(21-22-17(9)24)5-10-2-3-14(23(25)26)16(15(10)19)27-13-6-11(18)7-20-8-13/h2-4,6-8H,5H2,1H3,(H,22,24). The highest BCUT2D eigenvalue weighted by Crippen LogP contribution is 2.36. The van der Waals surface area contributed by atoms with Crippen LogP contribution >= 0.6 is 15.9 Å². The molecule has 138 valence electrons. The molecule has 0 aliphatic carbocycles. The van der Waals surface area contributed by atoms with Gasteiger partial charge in [0, 0.05) is 28.7 Å². The molecular formula is C17H12BrFN4O4. The van der Waals surface area contributed by atoms with Crippen molar-refractivity contribution in [2.45, 2.75) is 13.3 Å². The summed E-state index contributed by atoms with van der Waals surface area (Å²) in [4.78, 5) is 25.8. The van der Waals surface area contributed by atoms with Crippen molar-refractivity contribution in [1.82, 2.24) is 15.2 Å². The summed E-state index contributed by atoms with van der Waals surface area (Å²) in [7, 11) is 0. The summed E-state index contributed by atoms with van der Waals surface area (Å²) in [6, 6.07) is 5.49. The van der Waals surface area contributed by atoms with Crippen molar-refractivity contribution in [2.24, 2.45) is 0 Å². The van der Waals surface area contributed by atoms with Crippen LogP contribution in [0.1, 0.15) is 16.8 Å². The van der Waals surface area contributed by atoms with Crippen molar-refractivity contribution < 1.29 is 14.1 Å². The lowest BCUT2D eigenvalue weighted by Gasteiger charge is -2.10. The van der Waals surface area contributed by atoms with Gasteiger partial charge in [0.15, 0.2) is 5.82 Å². The fourth-order valence-corrected chi connectivity index (χ4v) is 2.72. The number of halogens is 2. The number of nitrogens with one attached hydrogen (secondary N) is 1. The van der Waals surface area contributed by atoms with Gasteiger partial charge in [-0.2, -0.15) is 5.10 Å². The number of hydrogen-bond donors (Lipinski definition) is 1. The molecule has 2 aromatic heterocycles. The summed E-state index contributed by atoms with van der Waals surface area (Å²) in [5.41, 5.74) is 0.127. The molecule has 8 nitrogen and oxygen atoms in total. The number of aromatic nitrogens is 3. The lowest BCUT2D eigenvalue weighted by Crippen LogP contribution is -2.13. The summed E-state index contributed by atoms with van der Waals surface area (Å²) in [5, 5.41) is 17.4. The van der Waals surface area contributed by atoms with Crippen LogP contribution in [-0.2, 0) is 6.42 Å². The molecule has 3 aromatic rings. The molecule has 10 heteroatoms. The van der Waals surface area contributed by atoms with Crippen molar-refractivity contribution in [3.05, 3.63) is 84.2 Å². The fourth-order valence-electron chi connectivity index (χ4n) is 2.37. The summed E-state index contributed by atoms with van der Waals surface area (Å²) in [5.74, 6) is -1.25. The van der Waals surface area contributed by atoms with Crippen molar-refractivity contribution in [3.63, 3.8) is 0 Å². The second-order valence-corrected chi connectivity index (χ2v) is 6.55. The van der Waals surface area contributed by atoms with Crippen molar-refractivity contribution in [1.29, 1.82) is 0 Å². The number of hydrogen-bond acceptors (Lipinski definition) is 6. The van der Waals surface area contributed by atoms with E-state index in [9.17, 15) is 19.3 Å². The minimum Gasteiger partial charge on any atom is -0.445 e. The highest BCUT2D eigenvalue weighted by molar-refractivity contribution is 9.10. The van der Waals surface area contributed by atoms with Gasteiger partial charge >= 0.3 is 5.69 Å². The molecule has 0 aliphatic heterocycles. The first-order chi connectivity index (χ1) is 12.8. The van der Waals surface area contributed by atoms with Gasteiger partial charge in [-0.25, -0.2) is 9.49 Å². The number of nitro benzene ring substituents is 1. The third kappa shape index (κ3) is 4.17. The van der Waals surface area contributed by atoms with Crippen LogP contribution < -0.4 is 10.3 Å². The van der Waals surface area contributed by atoms with E-state index >= 15 is 0 Å². The van der Waals surface area contributed by atoms with E-state index < -0.39 is 22.2 Å². The normalized spacial score (nSPS) is 10.6. The van der Waals surface area contributed by atoms with Gasteiger partial charge in [-0.1, -0.05) is 0 Å². The molecule has 1 N–H and O–H groups in total. The summed E-state index contributed by atoms with van der Waals surface area (Å²) in [6.45, 7) is 1.60. The van der Waals surface area contributed by atoms with E-state index in [1.165, 1.54) is 30.6 Å². The van der Waals surface area contributed by atoms with Crippen molar-refractivity contribution in [2.75, 3.05) is 0 Å². The number of aryl methyl sites for hydroxylation is 1. The second-order valence-electron chi connectivity index (χ2n) is 5.63. The molecule has 0 bridgehead atoms. The van der Waals surface area contributed by atoms with Gasteiger partial charge in [0.25, 0.3) is 5.56 Å². The molecular weight excluding hydrogens is 423 g/mol. The first-order valence-electron chi connectivity index (χ1n) is 7.64. The van der Waals surface area contributed by atoms with E-state index in [1.54, 1.807) is 6.92 Å². The van der Waals surface area contributed by atoms with Crippen LogP contribution in [0, 0.1) is 22.9 Å². The minimum absolute atomic E-state index is 0.0224. The quantitative estimate of drug-likeness (QED) is 0.484. The summed E-state index contributed by atoms with van der Waals surface area (Å²) < 4.78 is 21.0. The minimum atomic E-state index is -0.880. The first-order valence-corrected chi connectivity index (χ1v) is 8.44. The third-order valence-electron chi connectivity index (χ3n) is 3.67. The molecule has 0 unspecified atom stereocenters. The molecule has 27 heavy (non-hydrogen) atoms. The number of pyridine rings is 1. The Morgan fingerprint density at radius 3 is 2.78 bits per heavy atom. The van der Waals surface area contributed by atoms with Crippen LogP contribution in [0.15, 0.2) is 45.9 Å². The van der Waals surface area contributed by atoms with Gasteiger partial charge in [-0.05, 0) is 46.6 Å². The molecule has 0 amide bonds. The number of nitrogens with zero attached hydrogens (tertiary/aromatic N) is 3. The molecule has 0 saturated heterocycles. The molecule has 2 heterocycles. The Labute approximate surface area is 160 Å².